The van der Waals surface area contributed by atoms with Crippen LogP contribution >= 0.6 is 0 Å². The predicted molar refractivity (Wildman–Crippen MR) is 82.3 cm³/mol. The Balaban J connectivity index is 1.66. The number of nitrogens with zero attached hydrogens (tertiary/aromatic N) is 1. The zero-order chi connectivity index (χ0) is 14.0. The van der Waals surface area contributed by atoms with Gasteiger partial charge in [0.05, 0.1) is 11.9 Å². The molecule has 1 fully saturated rings. The van der Waals surface area contributed by atoms with Crippen LogP contribution in [0, 0.1) is 5.41 Å². The smallest absolute Gasteiger partial charge is 0.0695 e. The lowest BCUT2D eigenvalue weighted by Gasteiger charge is -2.17. The monoisotopic (exact) mass is 269 g/mol. The van der Waals surface area contributed by atoms with Crippen LogP contribution < -0.4 is 5.32 Å². The zero-order valence-corrected chi connectivity index (χ0v) is 12.3. The largest absolute Gasteiger partial charge is 0.310 e. The number of rotatable bonds is 4. The van der Waals surface area contributed by atoms with Gasteiger partial charge in [0.25, 0.3) is 0 Å². The molecule has 1 saturated carbocycles. The maximum absolute atomic E-state index is 4.21. The lowest BCUT2D eigenvalue weighted by molar-refractivity contribution is 0.364. The molecule has 0 amide bonds. The Hall–Kier alpha value is -1.61. The lowest BCUT2D eigenvalue weighted by Crippen LogP contribution is -2.26. The number of hydrogen-bond donors (Lipinski definition) is 2. The Labute approximate surface area is 120 Å². The lowest BCUT2D eigenvalue weighted by atomic mass is 9.92. The van der Waals surface area contributed by atoms with Gasteiger partial charge >= 0.3 is 0 Å². The minimum Gasteiger partial charge on any atom is -0.310 e. The molecule has 0 saturated heterocycles. The van der Waals surface area contributed by atoms with Crippen molar-refractivity contribution in [1.82, 2.24) is 15.5 Å². The molecule has 2 aromatic rings. The molecular formula is C17H23N3. The summed E-state index contributed by atoms with van der Waals surface area (Å²) < 4.78 is 0. The Kier molecular flexibility index (Phi) is 3.62. The summed E-state index contributed by atoms with van der Waals surface area (Å²) in [7, 11) is 0. The second kappa shape index (κ2) is 5.41. The molecule has 106 valence electrons. The summed E-state index contributed by atoms with van der Waals surface area (Å²) in [5.74, 6) is 0. The second-order valence-electron chi connectivity index (χ2n) is 6.62. The summed E-state index contributed by atoms with van der Waals surface area (Å²) >= 11 is 0. The third-order valence-corrected chi connectivity index (χ3v) is 4.33. The first-order chi connectivity index (χ1) is 9.64. The average molecular weight is 269 g/mol. The molecular weight excluding hydrogens is 246 g/mol. The van der Waals surface area contributed by atoms with Gasteiger partial charge in [-0.25, -0.2) is 0 Å². The molecule has 3 nitrogen and oxygen atoms in total. The van der Waals surface area contributed by atoms with Crippen LogP contribution in [0.15, 0.2) is 36.5 Å². The Morgan fingerprint density at radius 1 is 1.30 bits per heavy atom. The molecule has 1 heterocycles. The Morgan fingerprint density at radius 3 is 2.80 bits per heavy atom. The van der Waals surface area contributed by atoms with Crippen LogP contribution in [0.5, 0.6) is 0 Å². The molecule has 1 aliphatic carbocycles. The van der Waals surface area contributed by atoms with E-state index in [4.69, 9.17) is 0 Å². The molecule has 1 unspecified atom stereocenters. The van der Waals surface area contributed by atoms with E-state index >= 15 is 0 Å². The van der Waals surface area contributed by atoms with E-state index in [0.717, 1.165) is 12.2 Å². The topological polar surface area (TPSA) is 40.7 Å². The van der Waals surface area contributed by atoms with Crippen molar-refractivity contribution in [2.75, 3.05) is 0 Å². The summed E-state index contributed by atoms with van der Waals surface area (Å²) in [5, 5.41) is 11.0. The van der Waals surface area contributed by atoms with Gasteiger partial charge in [0.1, 0.15) is 0 Å². The fourth-order valence-corrected chi connectivity index (χ4v) is 3.16. The summed E-state index contributed by atoms with van der Waals surface area (Å²) in [4.78, 5) is 0. The van der Waals surface area contributed by atoms with Gasteiger partial charge in [-0.3, -0.25) is 5.10 Å². The van der Waals surface area contributed by atoms with Crippen LogP contribution in [0.1, 0.15) is 38.7 Å². The van der Waals surface area contributed by atoms with Crippen molar-refractivity contribution in [1.29, 1.82) is 0 Å². The number of nitrogens with one attached hydrogen (secondary N) is 2. The van der Waals surface area contributed by atoms with E-state index in [1.807, 2.05) is 12.3 Å². The van der Waals surface area contributed by atoms with Crippen LogP contribution in [0.25, 0.3) is 11.3 Å². The molecule has 20 heavy (non-hydrogen) atoms. The molecule has 1 aromatic carbocycles. The summed E-state index contributed by atoms with van der Waals surface area (Å²) in [6.07, 6.45) is 5.81. The predicted octanol–water partition coefficient (Wildman–Crippen LogP) is 3.75. The number of hydrogen-bond acceptors (Lipinski definition) is 2. The van der Waals surface area contributed by atoms with Crippen molar-refractivity contribution in [3.63, 3.8) is 0 Å². The van der Waals surface area contributed by atoms with Crippen molar-refractivity contribution < 1.29 is 0 Å². The van der Waals surface area contributed by atoms with Crippen LogP contribution in [0.4, 0.5) is 0 Å². The molecule has 1 aromatic heterocycles. The number of aromatic nitrogens is 2. The van der Waals surface area contributed by atoms with Gasteiger partial charge in [-0.1, -0.05) is 44.2 Å². The SMILES string of the molecule is CC1(C)CCC(NCc2cn[nH]c2-c2ccccc2)C1. The first-order valence-corrected chi connectivity index (χ1v) is 7.45. The van der Waals surface area contributed by atoms with Gasteiger partial charge in [0.2, 0.25) is 0 Å². The molecule has 1 atom stereocenters. The first kappa shape index (κ1) is 13.4. The van der Waals surface area contributed by atoms with Gasteiger partial charge < -0.3 is 5.32 Å². The van der Waals surface area contributed by atoms with E-state index in [0.29, 0.717) is 11.5 Å². The Morgan fingerprint density at radius 2 is 2.10 bits per heavy atom. The summed E-state index contributed by atoms with van der Waals surface area (Å²) in [6, 6.07) is 11.0. The van der Waals surface area contributed by atoms with E-state index in [1.165, 1.54) is 30.4 Å². The molecule has 0 spiro atoms. The minimum absolute atomic E-state index is 0.496. The van der Waals surface area contributed by atoms with Crippen LogP contribution in [0.3, 0.4) is 0 Å². The van der Waals surface area contributed by atoms with Crippen LogP contribution in [-0.4, -0.2) is 16.2 Å². The molecule has 0 radical (unpaired) electrons. The van der Waals surface area contributed by atoms with Crippen molar-refractivity contribution in [2.45, 2.75) is 45.7 Å². The number of aromatic amines is 1. The van der Waals surface area contributed by atoms with E-state index in [2.05, 4.69) is 53.6 Å². The molecule has 3 rings (SSSR count). The fraction of sp³-hybridized carbons (Fsp3) is 0.471. The van der Waals surface area contributed by atoms with Gasteiger partial charge in [0.15, 0.2) is 0 Å². The zero-order valence-electron chi connectivity index (χ0n) is 12.3. The molecule has 0 bridgehead atoms. The maximum Gasteiger partial charge on any atom is 0.0695 e. The Bertz CT molecular complexity index is 557. The van der Waals surface area contributed by atoms with E-state index in [1.54, 1.807) is 0 Å². The van der Waals surface area contributed by atoms with Crippen LogP contribution in [-0.2, 0) is 6.54 Å². The normalized spacial score (nSPS) is 21.2. The third-order valence-electron chi connectivity index (χ3n) is 4.33. The van der Waals surface area contributed by atoms with Gasteiger partial charge in [0, 0.05) is 18.2 Å². The molecule has 1 aliphatic rings. The summed E-state index contributed by atoms with van der Waals surface area (Å²) in [6.45, 7) is 5.62. The van der Waals surface area contributed by atoms with Crippen molar-refractivity contribution in [2.24, 2.45) is 5.41 Å². The van der Waals surface area contributed by atoms with Crippen LogP contribution in [0.2, 0.25) is 0 Å². The van der Waals surface area contributed by atoms with Crippen molar-refractivity contribution >= 4 is 0 Å². The quantitative estimate of drug-likeness (QED) is 0.887. The highest BCUT2D eigenvalue weighted by atomic mass is 15.1. The van der Waals surface area contributed by atoms with Gasteiger partial charge in [-0.05, 0) is 30.2 Å². The molecule has 2 N–H and O–H groups in total. The molecule has 3 heteroatoms. The standard InChI is InChI=1S/C17H23N3/c1-17(2)9-8-15(10-17)18-11-14-12-19-20-16(14)13-6-4-3-5-7-13/h3-7,12,15,18H,8-11H2,1-2H3,(H,19,20). The number of benzene rings is 1. The van der Waals surface area contributed by atoms with Gasteiger partial charge in [-0.15, -0.1) is 0 Å². The van der Waals surface area contributed by atoms with E-state index in [9.17, 15) is 0 Å². The minimum atomic E-state index is 0.496. The van der Waals surface area contributed by atoms with Crippen molar-refractivity contribution in [3.8, 4) is 11.3 Å². The first-order valence-electron chi connectivity index (χ1n) is 7.45. The highest BCUT2D eigenvalue weighted by molar-refractivity contribution is 5.62. The van der Waals surface area contributed by atoms with E-state index in [-0.39, 0.29) is 0 Å². The maximum atomic E-state index is 4.21. The molecule has 0 aliphatic heterocycles. The average Bonchev–Trinajstić information content (AvgIpc) is 3.03. The summed E-state index contributed by atoms with van der Waals surface area (Å²) in [5.41, 5.74) is 4.08. The second-order valence-corrected chi connectivity index (χ2v) is 6.62. The highest BCUT2D eigenvalue weighted by Gasteiger charge is 2.30. The number of H-pyrrole nitrogens is 1. The fourth-order valence-electron chi connectivity index (χ4n) is 3.16. The van der Waals surface area contributed by atoms with E-state index < -0.39 is 0 Å². The highest BCUT2D eigenvalue weighted by Crippen LogP contribution is 2.37. The van der Waals surface area contributed by atoms with Gasteiger partial charge in [-0.2, -0.15) is 5.10 Å². The third kappa shape index (κ3) is 2.93. The van der Waals surface area contributed by atoms with Crippen molar-refractivity contribution in [3.05, 3.63) is 42.1 Å².